The van der Waals surface area contributed by atoms with Crippen molar-refractivity contribution in [3.05, 3.63) is 72.7 Å². The van der Waals surface area contributed by atoms with Crippen molar-refractivity contribution in [1.82, 2.24) is 20.1 Å². The van der Waals surface area contributed by atoms with E-state index in [4.69, 9.17) is 4.74 Å². The molecule has 0 aliphatic rings. The third-order valence-corrected chi connectivity index (χ3v) is 3.37. The van der Waals surface area contributed by atoms with Gasteiger partial charge in [0, 0.05) is 37.7 Å². The second-order valence-corrected chi connectivity index (χ2v) is 5.18. The van der Waals surface area contributed by atoms with Crippen molar-refractivity contribution in [3.63, 3.8) is 0 Å². The van der Waals surface area contributed by atoms with Gasteiger partial charge in [0.25, 0.3) is 5.91 Å². The van der Waals surface area contributed by atoms with Gasteiger partial charge < -0.3 is 10.1 Å². The molecular formula is C18H18N4O2. The highest BCUT2D eigenvalue weighted by atomic mass is 16.5. The van der Waals surface area contributed by atoms with E-state index in [0.29, 0.717) is 23.7 Å². The number of carbonyl (C=O) groups excluding carboxylic acids is 1. The maximum Gasteiger partial charge on any atom is 0.252 e. The van der Waals surface area contributed by atoms with Gasteiger partial charge in [0.2, 0.25) is 5.88 Å². The molecule has 3 aromatic rings. The summed E-state index contributed by atoms with van der Waals surface area (Å²) < 4.78 is 7.44. The Balaban J connectivity index is 1.46. The van der Waals surface area contributed by atoms with E-state index in [1.54, 1.807) is 18.3 Å². The molecule has 2 aromatic heterocycles. The fourth-order valence-electron chi connectivity index (χ4n) is 2.16. The first-order valence-corrected chi connectivity index (χ1v) is 7.76. The molecule has 6 nitrogen and oxygen atoms in total. The lowest BCUT2D eigenvalue weighted by Gasteiger charge is -2.07. The van der Waals surface area contributed by atoms with E-state index in [1.807, 2.05) is 47.3 Å². The lowest BCUT2D eigenvalue weighted by molar-refractivity contribution is 0.0952. The molecule has 0 aliphatic heterocycles. The molecule has 0 saturated heterocycles. The van der Waals surface area contributed by atoms with Crippen LogP contribution in [-0.4, -0.2) is 27.2 Å². The van der Waals surface area contributed by atoms with E-state index in [0.717, 1.165) is 13.0 Å². The zero-order valence-electron chi connectivity index (χ0n) is 13.1. The van der Waals surface area contributed by atoms with Crippen LogP contribution in [0.5, 0.6) is 11.6 Å². The Hall–Kier alpha value is -3.15. The minimum atomic E-state index is -0.144. The molecule has 1 amide bonds. The molecule has 0 fully saturated rings. The molecular weight excluding hydrogens is 304 g/mol. The van der Waals surface area contributed by atoms with Crippen molar-refractivity contribution >= 4 is 5.91 Å². The highest BCUT2D eigenvalue weighted by Crippen LogP contribution is 2.18. The number of pyridine rings is 1. The Morgan fingerprint density at radius 1 is 1.12 bits per heavy atom. The zero-order valence-corrected chi connectivity index (χ0v) is 13.1. The summed E-state index contributed by atoms with van der Waals surface area (Å²) in [5.41, 5.74) is 0.509. The van der Waals surface area contributed by atoms with Crippen LogP contribution in [0.3, 0.4) is 0 Å². The standard InChI is InChI=1S/C18H18N4O2/c23-18(19-10-4-12-22-13-5-11-21-22)15-8-9-17(20-14-15)24-16-6-2-1-3-7-16/h1-3,5-9,11,13-14H,4,10,12H2,(H,19,23). The van der Waals surface area contributed by atoms with Crippen molar-refractivity contribution in [3.8, 4) is 11.6 Å². The lowest BCUT2D eigenvalue weighted by atomic mass is 10.2. The lowest BCUT2D eigenvalue weighted by Crippen LogP contribution is -2.25. The summed E-state index contributed by atoms with van der Waals surface area (Å²) in [5, 5.41) is 6.98. The number of hydrogen-bond acceptors (Lipinski definition) is 4. The number of carbonyl (C=O) groups is 1. The van der Waals surface area contributed by atoms with E-state index in [-0.39, 0.29) is 5.91 Å². The molecule has 24 heavy (non-hydrogen) atoms. The third kappa shape index (κ3) is 4.42. The third-order valence-electron chi connectivity index (χ3n) is 3.37. The molecule has 0 radical (unpaired) electrons. The van der Waals surface area contributed by atoms with Crippen molar-refractivity contribution in [2.24, 2.45) is 0 Å². The van der Waals surface area contributed by atoms with Crippen LogP contribution in [0.2, 0.25) is 0 Å². The summed E-state index contributed by atoms with van der Waals surface area (Å²) in [6.07, 6.45) is 5.97. The maximum atomic E-state index is 12.1. The van der Waals surface area contributed by atoms with Gasteiger partial charge in [-0.25, -0.2) is 4.98 Å². The Bertz CT molecular complexity index is 755. The number of amides is 1. The molecule has 0 unspecified atom stereocenters. The Labute approximate surface area is 140 Å². The zero-order chi connectivity index (χ0) is 16.6. The minimum absolute atomic E-state index is 0.144. The van der Waals surface area contributed by atoms with E-state index >= 15 is 0 Å². The molecule has 0 spiro atoms. The number of aryl methyl sites for hydroxylation is 1. The van der Waals surface area contributed by atoms with Crippen LogP contribution in [0.4, 0.5) is 0 Å². The highest BCUT2D eigenvalue weighted by Gasteiger charge is 2.06. The number of rotatable bonds is 7. The van der Waals surface area contributed by atoms with E-state index in [1.165, 1.54) is 6.20 Å². The quantitative estimate of drug-likeness (QED) is 0.679. The normalized spacial score (nSPS) is 10.3. The predicted molar refractivity (Wildman–Crippen MR) is 89.9 cm³/mol. The number of aromatic nitrogens is 3. The van der Waals surface area contributed by atoms with Gasteiger partial charge in [-0.2, -0.15) is 5.10 Å². The van der Waals surface area contributed by atoms with Gasteiger partial charge in [-0.1, -0.05) is 18.2 Å². The number of para-hydroxylation sites is 1. The molecule has 6 heteroatoms. The van der Waals surface area contributed by atoms with E-state index in [2.05, 4.69) is 15.4 Å². The number of ether oxygens (including phenoxy) is 1. The van der Waals surface area contributed by atoms with Gasteiger partial charge in [-0.3, -0.25) is 9.48 Å². The average molecular weight is 322 g/mol. The second kappa shape index (κ2) is 7.92. The summed E-state index contributed by atoms with van der Waals surface area (Å²) in [6.45, 7) is 1.36. The molecule has 3 rings (SSSR count). The first-order chi connectivity index (χ1) is 11.8. The number of hydrogen-bond donors (Lipinski definition) is 1. The van der Waals surface area contributed by atoms with Gasteiger partial charge >= 0.3 is 0 Å². The van der Waals surface area contributed by atoms with Crippen molar-refractivity contribution in [1.29, 1.82) is 0 Å². The Morgan fingerprint density at radius 3 is 2.71 bits per heavy atom. The monoisotopic (exact) mass is 322 g/mol. The van der Waals surface area contributed by atoms with Gasteiger partial charge in [-0.05, 0) is 30.7 Å². The molecule has 1 aromatic carbocycles. The summed E-state index contributed by atoms with van der Waals surface area (Å²) in [4.78, 5) is 16.2. The fourth-order valence-corrected chi connectivity index (χ4v) is 2.16. The SMILES string of the molecule is O=C(NCCCn1cccn1)c1ccc(Oc2ccccc2)nc1. The van der Waals surface area contributed by atoms with Crippen LogP contribution < -0.4 is 10.1 Å². The largest absolute Gasteiger partial charge is 0.439 e. The fraction of sp³-hybridized carbons (Fsp3) is 0.167. The molecule has 0 atom stereocenters. The van der Waals surface area contributed by atoms with Crippen molar-refractivity contribution < 1.29 is 9.53 Å². The topological polar surface area (TPSA) is 69.0 Å². The Kier molecular flexibility index (Phi) is 5.19. The molecule has 122 valence electrons. The number of nitrogens with zero attached hydrogens (tertiary/aromatic N) is 3. The summed E-state index contributed by atoms with van der Waals surface area (Å²) in [7, 11) is 0. The van der Waals surface area contributed by atoms with Gasteiger partial charge in [0.05, 0.1) is 5.56 Å². The molecule has 0 aliphatic carbocycles. The molecule has 0 bridgehead atoms. The van der Waals surface area contributed by atoms with Crippen molar-refractivity contribution in [2.75, 3.05) is 6.54 Å². The summed E-state index contributed by atoms with van der Waals surface area (Å²) in [6, 6.07) is 14.7. The molecule has 2 heterocycles. The summed E-state index contributed by atoms with van der Waals surface area (Å²) in [5.74, 6) is 1.02. The average Bonchev–Trinajstić information content (AvgIpc) is 3.13. The minimum Gasteiger partial charge on any atom is -0.439 e. The van der Waals surface area contributed by atoms with Crippen LogP contribution in [0.15, 0.2) is 67.1 Å². The van der Waals surface area contributed by atoms with Crippen LogP contribution in [-0.2, 0) is 6.54 Å². The van der Waals surface area contributed by atoms with Gasteiger partial charge in [0.1, 0.15) is 5.75 Å². The van der Waals surface area contributed by atoms with Crippen molar-refractivity contribution in [2.45, 2.75) is 13.0 Å². The van der Waals surface area contributed by atoms with Crippen LogP contribution in [0.25, 0.3) is 0 Å². The van der Waals surface area contributed by atoms with E-state index in [9.17, 15) is 4.79 Å². The second-order valence-electron chi connectivity index (χ2n) is 5.18. The van der Waals surface area contributed by atoms with Gasteiger partial charge in [0.15, 0.2) is 0 Å². The Morgan fingerprint density at radius 2 is 2.00 bits per heavy atom. The first-order valence-electron chi connectivity index (χ1n) is 7.76. The predicted octanol–water partition coefficient (Wildman–Crippen LogP) is 2.89. The van der Waals surface area contributed by atoms with E-state index < -0.39 is 0 Å². The first kappa shape index (κ1) is 15.7. The van der Waals surface area contributed by atoms with Crippen LogP contribution in [0.1, 0.15) is 16.8 Å². The molecule has 1 N–H and O–H groups in total. The highest BCUT2D eigenvalue weighted by molar-refractivity contribution is 5.93. The van der Waals surface area contributed by atoms with Crippen LogP contribution in [0, 0.1) is 0 Å². The van der Waals surface area contributed by atoms with Crippen LogP contribution >= 0.6 is 0 Å². The smallest absolute Gasteiger partial charge is 0.252 e. The number of nitrogens with one attached hydrogen (secondary N) is 1. The summed E-state index contributed by atoms with van der Waals surface area (Å²) >= 11 is 0. The molecule has 0 saturated carbocycles. The number of benzene rings is 1. The maximum absolute atomic E-state index is 12.1. The van der Waals surface area contributed by atoms with Gasteiger partial charge in [-0.15, -0.1) is 0 Å².